The van der Waals surface area contributed by atoms with Crippen LogP contribution in [0.4, 0.5) is 0 Å². The normalized spacial score (nSPS) is 17.5. The zero-order valence-corrected chi connectivity index (χ0v) is 12.4. The molecule has 4 heteroatoms. The minimum absolute atomic E-state index is 0.0419. The van der Waals surface area contributed by atoms with Gasteiger partial charge in [-0.05, 0) is 24.6 Å². The molecular formula is C18H20N2O2. The summed E-state index contributed by atoms with van der Waals surface area (Å²) in [6.45, 7) is 1.74. The van der Waals surface area contributed by atoms with E-state index in [2.05, 4.69) is 0 Å². The van der Waals surface area contributed by atoms with E-state index in [1.807, 2.05) is 59.5 Å². The lowest BCUT2D eigenvalue weighted by Crippen LogP contribution is -2.32. The van der Waals surface area contributed by atoms with Crippen LogP contribution in [0.25, 0.3) is 0 Å². The summed E-state index contributed by atoms with van der Waals surface area (Å²) in [7, 11) is 0. The molecule has 1 fully saturated rings. The topological polar surface area (TPSA) is 55.6 Å². The fraction of sp³-hybridized carbons (Fsp3) is 0.278. The molecule has 3 rings (SSSR count). The Hall–Kier alpha value is -2.33. The summed E-state index contributed by atoms with van der Waals surface area (Å²) in [6.07, 6.45) is 0.869. The standard InChI is InChI=1S/C18H20N2O2/c19-15-10-11-20(12-15)18(21)17-9-5-4-6-14(17)13-22-16-7-2-1-3-8-16/h1-9,15H,10-13,19H2/t15-/m1/s1. The SMILES string of the molecule is N[C@@H]1CCN(C(=O)c2ccccc2COc2ccccc2)C1. The molecular weight excluding hydrogens is 276 g/mol. The van der Waals surface area contributed by atoms with E-state index in [1.54, 1.807) is 0 Å². The Kier molecular flexibility index (Phi) is 4.39. The Balaban J connectivity index is 1.73. The number of nitrogens with two attached hydrogens (primary N) is 1. The Morgan fingerprint density at radius 3 is 2.59 bits per heavy atom. The molecule has 1 heterocycles. The number of carbonyl (C=O) groups is 1. The van der Waals surface area contributed by atoms with Crippen LogP contribution in [-0.2, 0) is 6.61 Å². The molecule has 114 valence electrons. The molecule has 1 atom stereocenters. The predicted molar refractivity (Wildman–Crippen MR) is 85.7 cm³/mol. The number of benzene rings is 2. The fourth-order valence-corrected chi connectivity index (χ4v) is 2.67. The fourth-order valence-electron chi connectivity index (χ4n) is 2.67. The lowest BCUT2D eigenvalue weighted by molar-refractivity contribution is 0.0788. The van der Waals surface area contributed by atoms with Gasteiger partial charge in [0.05, 0.1) is 0 Å². The number of nitrogens with zero attached hydrogens (tertiary/aromatic N) is 1. The van der Waals surface area contributed by atoms with Gasteiger partial charge in [0, 0.05) is 30.3 Å². The van der Waals surface area contributed by atoms with Crippen molar-refractivity contribution >= 4 is 5.91 Å². The van der Waals surface area contributed by atoms with Gasteiger partial charge in [-0.15, -0.1) is 0 Å². The van der Waals surface area contributed by atoms with Crippen molar-refractivity contribution in [3.05, 3.63) is 65.7 Å². The highest BCUT2D eigenvalue weighted by atomic mass is 16.5. The highest BCUT2D eigenvalue weighted by Crippen LogP contribution is 2.18. The summed E-state index contributed by atoms with van der Waals surface area (Å²) in [5.74, 6) is 0.841. The second kappa shape index (κ2) is 6.62. The van der Waals surface area contributed by atoms with Gasteiger partial charge in [0.1, 0.15) is 12.4 Å². The average Bonchev–Trinajstić information content (AvgIpc) is 3.00. The molecule has 0 bridgehead atoms. The van der Waals surface area contributed by atoms with Crippen molar-refractivity contribution < 1.29 is 9.53 Å². The van der Waals surface area contributed by atoms with Crippen LogP contribution in [0.2, 0.25) is 0 Å². The summed E-state index contributed by atoms with van der Waals surface area (Å²) in [6, 6.07) is 17.3. The molecule has 0 radical (unpaired) electrons. The maximum absolute atomic E-state index is 12.6. The Bertz CT molecular complexity index is 643. The van der Waals surface area contributed by atoms with E-state index in [0.29, 0.717) is 18.7 Å². The maximum atomic E-state index is 12.6. The van der Waals surface area contributed by atoms with Crippen LogP contribution in [0.15, 0.2) is 54.6 Å². The monoisotopic (exact) mass is 296 g/mol. The van der Waals surface area contributed by atoms with E-state index >= 15 is 0 Å². The van der Waals surface area contributed by atoms with Crippen LogP contribution < -0.4 is 10.5 Å². The first-order valence-electron chi connectivity index (χ1n) is 7.54. The molecule has 0 aliphatic carbocycles. The van der Waals surface area contributed by atoms with Crippen molar-refractivity contribution in [3.63, 3.8) is 0 Å². The number of rotatable bonds is 4. The van der Waals surface area contributed by atoms with Crippen molar-refractivity contribution in [1.29, 1.82) is 0 Å². The van der Waals surface area contributed by atoms with Gasteiger partial charge in [0.2, 0.25) is 0 Å². The van der Waals surface area contributed by atoms with Crippen molar-refractivity contribution in [2.75, 3.05) is 13.1 Å². The molecule has 4 nitrogen and oxygen atoms in total. The van der Waals surface area contributed by atoms with E-state index < -0.39 is 0 Å². The molecule has 1 amide bonds. The van der Waals surface area contributed by atoms with Crippen LogP contribution in [0, 0.1) is 0 Å². The summed E-state index contributed by atoms with van der Waals surface area (Å²) in [5.41, 5.74) is 7.50. The summed E-state index contributed by atoms with van der Waals surface area (Å²) < 4.78 is 5.77. The van der Waals surface area contributed by atoms with E-state index in [4.69, 9.17) is 10.5 Å². The maximum Gasteiger partial charge on any atom is 0.254 e. The molecule has 0 spiro atoms. The molecule has 2 aromatic rings. The van der Waals surface area contributed by atoms with Crippen LogP contribution in [-0.4, -0.2) is 29.9 Å². The van der Waals surface area contributed by atoms with E-state index in [1.165, 1.54) is 0 Å². The molecule has 1 saturated heterocycles. The summed E-state index contributed by atoms with van der Waals surface area (Å²) >= 11 is 0. The van der Waals surface area contributed by atoms with Gasteiger partial charge in [-0.3, -0.25) is 4.79 Å². The third-order valence-corrected chi connectivity index (χ3v) is 3.90. The van der Waals surface area contributed by atoms with Crippen molar-refractivity contribution in [3.8, 4) is 5.75 Å². The first-order valence-corrected chi connectivity index (χ1v) is 7.54. The molecule has 0 aromatic heterocycles. The Morgan fingerprint density at radius 1 is 1.14 bits per heavy atom. The highest BCUT2D eigenvalue weighted by molar-refractivity contribution is 5.95. The zero-order chi connectivity index (χ0) is 15.4. The number of para-hydroxylation sites is 1. The zero-order valence-electron chi connectivity index (χ0n) is 12.4. The van der Waals surface area contributed by atoms with Crippen LogP contribution in [0.5, 0.6) is 5.75 Å². The van der Waals surface area contributed by atoms with Crippen molar-refractivity contribution in [2.45, 2.75) is 19.1 Å². The molecule has 1 aliphatic heterocycles. The van der Waals surface area contributed by atoms with E-state index in [0.717, 1.165) is 24.3 Å². The molecule has 2 aromatic carbocycles. The third-order valence-electron chi connectivity index (χ3n) is 3.90. The number of ether oxygens (including phenoxy) is 1. The number of hydrogen-bond donors (Lipinski definition) is 1. The van der Waals surface area contributed by atoms with Gasteiger partial charge in [-0.25, -0.2) is 0 Å². The van der Waals surface area contributed by atoms with Gasteiger partial charge in [0.25, 0.3) is 5.91 Å². The van der Waals surface area contributed by atoms with Gasteiger partial charge in [0.15, 0.2) is 0 Å². The molecule has 0 saturated carbocycles. The predicted octanol–water partition coefficient (Wildman–Crippen LogP) is 2.44. The third kappa shape index (κ3) is 3.28. The van der Waals surface area contributed by atoms with Gasteiger partial charge >= 0.3 is 0 Å². The average molecular weight is 296 g/mol. The lowest BCUT2D eigenvalue weighted by Gasteiger charge is -2.18. The van der Waals surface area contributed by atoms with Crippen molar-refractivity contribution in [1.82, 2.24) is 4.90 Å². The van der Waals surface area contributed by atoms with Gasteiger partial charge in [-0.1, -0.05) is 36.4 Å². The highest BCUT2D eigenvalue weighted by Gasteiger charge is 2.25. The van der Waals surface area contributed by atoms with Crippen LogP contribution >= 0.6 is 0 Å². The largest absolute Gasteiger partial charge is 0.489 e. The summed E-state index contributed by atoms with van der Waals surface area (Å²) in [5, 5.41) is 0. The van der Waals surface area contributed by atoms with Gasteiger partial charge in [-0.2, -0.15) is 0 Å². The first-order chi connectivity index (χ1) is 10.7. The summed E-state index contributed by atoms with van der Waals surface area (Å²) in [4.78, 5) is 14.5. The van der Waals surface area contributed by atoms with E-state index in [9.17, 15) is 4.79 Å². The Morgan fingerprint density at radius 2 is 1.86 bits per heavy atom. The number of amides is 1. The minimum atomic E-state index is 0.0419. The first kappa shape index (κ1) is 14.6. The molecule has 1 aliphatic rings. The smallest absolute Gasteiger partial charge is 0.254 e. The molecule has 22 heavy (non-hydrogen) atoms. The quantitative estimate of drug-likeness (QED) is 0.943. The second-order valence-corrected chi connectivity index (χ2v) is 5.56. The van der Waals surface area contributed by atoms with Crippen molar-refractivity contribution in [2.24, 2.45) is 5.73 Å². The minimum Gasteiger partial charge on any atom is -0.489 e. The van der Waals surface area contributed by atoms with Crippen LogP contribution in [0.1, 0.15) is 22.3 Å². The van der Waals surface area contributed by atoms with Gasteiger partial charge < -0.3 is 15.4 Å². The lowest BCUT2D eigenvalue weighted by atomic mass is 10.1. The van der Waals surface area contributed by atoms with Crippen LogP contribution in [0.3, 0.4) is 0 Å². The molecule has 0 unspecified atom stereocenters. The number of hydrogen-bond acceptors (Lipinski definition) is 3. The second-order valence-electron chi connectivity index (χ2n) is 5.56. The molecule has 2 N–H and O–H groups in total. The Labute approximate surface area is 130 Å². The number of carbonyl (C=O) groups excluding carboxylic acids is 1. The number of likely N-dealkylation sites (tertiary alicyclic amines) is 1. The van der Waals surface area contributed by atoms with E-state index in [-0.39, 0.29) is 11.9 Å².